The molecule has 0 aromatic carbocycles. The number of likely N-dealkylation sites (tertiary alicyclic amines) is 2. The highest BCUT2D eigenvalue weighted by molar-refractivity contribution is 4.84. The van der Waals surface area contributed by atoms with Crippen LogP contribution >= 0.6 is 0 Å². The van der Waals surface area contributed by atoms with Crippen LogP contribution in [-0.2, 0) is 0 Å². The van der Waals surface area contributed by atoms with Crippen LogP contribution in [0.2, 0.25) is 0 Å². The predicted molar refractivity (Wildman–Crippen MR) is 158 cm³/mol. The number of hydrogen-bond acceptors (Lipinski definition) is 6. The molecule has 0 N–H and O–H groups in total. The van der Waals surface area contributed by atoms with Crippen molar-refractivity contribution in [3.8, 4) is 0 Å². The molecule has 6 nitrogen and oxygen atoms in total. The van der Waals surface area contributed by atoms with E-state index in [1.165, 1.54) is 117 Å². The largest absolute Gasteiger partial charge is 0.306 e. The van der Waals surface area contributed by atoms with Gasteiger partial charge in [-0.05, 0) is 99.1 Å². The number of rotatable bonds is 6. The lowest BCUT2D eigenvalue weighted by atomic mass is 9.96. The maximum Gasteiger partial charge on any atom is 0.0121 e. The average molecular weight is 509 g/mol. The predicted octanol–water partition coefficient (Wildman–Crippen LogP) is 3.88. The number of hydrogen-bond donors (Lipinski definition) is 0. The van der Waals surface area contributed by atoms with Crippen LogP contribution in [0.5, 0.6) is 0 Å². The molecule has 0 atom stereocenters. The van der Waals surface area contributed by atoms with E-state index in [2.05, 4.69) is 71.1 Å². The summed E-state index contributed by atoms with van der Waals surface area (Å²) in [6.45, 7) is 33.6. The SMILES string of the molecule is CC.CC(C)N1CCN(CC2CCN(C)CC2)CC1.CCN1CCC(N2CCN(C(C)C)CC2)CC1. The van der Waals surface area contributed by atoms with Gasteiger partial charge in [-0.2, -0.15) is 0 Å². The summed E-state index contributed by atoms with van der Waals surface area (Å²) in [5, 5.41) is 0. The van der Waals surface area contributed by atoms with E-state index in [9.17, 15) is 0 Å². The zero-order valence-corrected chi connectivity index (χ0v) is 25.7. The van der Waals surface area contributed by atoms with Gasteiger partial charge in [0, 0.05) is 77.0 Å². The van der Waals surface area contributed by atoms with E-state index in [1.54, 1.807) is 0 Å². The lowest BCUT2D eigenvalue weighted by Crippen LogP contribution is -2.54. The number of piperidine rings is 2. The summed E-state index contributed by atoms with van der Waals surface area (Å²) in [5.41, 5.74) is 0. The summed E-state index contributed by atoms with van der Waals surface area (Å²) < 4.78 is 0. The highest BCUT2D eigenvalue weighted by Gasteiger charge is 2.27. The Morgan fingerprint density at radius 3 is 1.50 bits per heavy atom. The van der Waals surface area contributed by atoms with Crippen LogP contribution in [0.3, 0.4) is 0 Å². The van der Waals surface area contributed by atoms with E-state index in [0.29, 0.717) is 0 Å². The average Bonchev–Trinajstić information content (AvgIpc) is 2.92. The van der Waals surface area contributed by atoms with Crippen molar-refractivity contribution in [1.29, 1.82) is 0 Å². The Morgan fingerprint density at radius 2 is 1.06 bits per heavy atom. The van der Waals surface area contributed by atoms with E-state index < -0.39 is 0 Å². The summed E-state index contributed by atoms with van der Waals surface area (Å²) in [6.07, 6.45) is 5.58. The molecular formula is C30H64N6. The maximum atomic E-state index is 2.74. The zero-order valence-electron chi connectivity index (χ0n) is 25.7. The topological polar surface area (TPSA) is 19.4 Å². The molecule has 0 spiro atoms. The molecule has 0 radical (unpaired) electrons. The van der Waals surface area contributed by atoms with Crippen molar-refractivity contribution in [2.75, 3.05) is 98.7 Å². The van der Waals surface area contributed by atoms with Gasteiger partial charge in [-0.15, -0.1) is 0 Å². The summed E-state index contributed by atoms with van der Waals surface area (Å²) in [7, 11) is 2.25. The first kappa shape index (κ1) is 32.0. The molecule has 36 heavy (non-hydrogen) atoms. The summed E-state index contributed by atoms with van der Waals surface area (Å²) in [4.78, 5) is 15.7. The molecule has 214 valence electrons. The van der Waals surface area contributed by atoms with Gasteiger partial charge in [0.1, 0.15) is 0 Å². The van der Waals surface area contributed by atoms with Crippen LogP contribution in [-0.4, -0.2) is 146 Å². The quantitative estimate of drug-likeness (QED) is 0.539. The minimum Gasteiger partial charge on any atom is -0.306 e. The normalized spacial score (nSPS) is 25.5. The van der Waals surface area contributed by atoms with Crippen molar-refractivity contribution >= 4 is 0 Å². The molecule has 4 fully saturated rings. The summed E-state index contributed by atoms with van der Waals surface area (Å²) in [6, 6.07) is 2.31. The fourth-order valence-corrected chi connectivity index (χ4v) is 6.29. The Balaban J connectivity index is 0.000000237. The van der Waals surface area contributed by atoms with E-state index in [4.69, 9.17) is 0 Å². The highest BCUT2D eigenvalue weighted by Crippen LogP contribution is 2.19. The van der Waals surface area contributed by atoms with Gasteiger partial charge in [0.05, 0.1) is 0 Å². The van der Waals surface area contributed by atoms with Gasteiger partial charge < -0.3 is 14.7 Å². The Morgan fingerprint density at radius 1 is 0.583 bits per heavy atom. The molecular weight excluding hydrogens is 444 g/mol. The zero-order chi connectivity index (χ0) is 26.5. The van der Waals surface area contributed by atoms with E-state index in [-0.39, 0.29) is 0 Å². The smallest absolute Gasteiger partial charge is 0.0121 e. The van der Waals surface area contributed by atoms with Gasteiger partial charge in [-0.3, -0.25) is 14.7 Å². The second-order valence-corrected chi connectivity index (χ2v) is 12.0. The fourth-order valence-electron chi connectivity index (χ4n) is 6.29. The third-order valence-electron chi connectivity index (χ3n) is 9.09. The standard InChI is InChI=1S/2C14H29N3.C2H6/c1-13(2)17-10-8-16(9-11-17)12-14-4-6-15(3)7-5-14;1-4-15-7-5-14(6-8-15)17-11-9-16(10-12-17)13(2)3;1-2/h2*13-14H,4-12H2,1-3H3;1-2H3. The van der Waals surface area contributed by atoms with E-state index in [0.717, 1.165) is 24.0 Å². The first-order valence-electron chi connectivity index (χ1n) is 15.7. The Hall–Kier alpha value is -0.240. The molecule has 4 saturated heterocycles. The van der Waals surface area contributed by atoms with Crippen molar-refractivity contribution in [3.05, 3.63) is 0 Å². The maximum absolute atomic E-state index is 2.74. The number of nitrogens with zero attached hydrogens (tertiary/aromatic N) is 6. The highest BCUT2D eigenvalue weighted by atomic mass is 15.3. The van der Waals surface area contributed by atoms with E-state index >= 15 is 0 Å². The van der Waals surface area contributed by atoms with E-state index in [1.807, 2.05) is 13.8 Å². The van der Waals surface area contributed by atoms with Crippen LogP contribution in [0.4, 0.5) is 0 Å². The Labute approximate surface area is 226 Å². The van der Waals surface area contributed by atoms with Crippen molar-refractivity contribution in [3.63, 3.8) is 0 Å². The lowest BCUT2D eigenvalue weighted by molar-refractivity contribution is 0.0495. The van der Waals surface area contributed by atoms with Gasteiger partial charge in [-0.1, -0.05) is 20.8 Å². The first-order valence-corrected chi connectivity index (χ1v) is 15.7. The van der Waals surface area contributed by atoms with Crippen LogP contribution < -0.4 is 0 Å². The second-order valence-electron chi connectivity index (χ2n) is 12.0. The molecule has 0 bridgehead atoms. The molecule has 0 aliphatic carbocycles. The van der Waals surface area contributed by atoms with Crippen LogP contribution in [0.25, 0.3) is 0 Å². The Kier molecular flexibility index (Phi) is 15.4. The molecule has 6 heteroatoms. The van der Waals surface area contributed by atoms with Gasteiger partial charge in [0.25, 0.3) is 0 Å². The van der Waals surface area contributed by atoms with Crippen LogP contribution in [0.1, 0.15) is 74.1 Å². The third-order valence-corrected chi connectivity index (χ3v) is 9.09. The van der Waals surface area contributed by atoms with Crippen LogP contribution in [0, 0.1) is 5.92 Å². The van der Waals surface area contributed by atoms with Gasteiger partial charge in [0.2, 0.25) is 0 Å². The molecule has 4 rings (SSSR count). The van der Waals surface area contributed by atoms with Crippen LogP contribution in [0.15, 0.2) is 0 Å². The summed E-state index contributed by atoms with van der Waals surface area (Å²) in [5.74, 6) is 0.955. The fraction of sp³-hybridized carbons (Fsp3) is 1.00. The summed E-state index contributed by atoms with van der Waals surface area (Å²) >= 11 is 0. The molecule has 4 heterocycles. The lowest BCUT2D eigenvalue weighted by Gasteiger charge is -2.43. The third kappa shape index (κ3) is 10.9. The van der Waals surface area contributed by atoms with Crippen molar-refractivity contribution in [1.82, 2.24) is 29.4 Å². The van der Waals surface area contributed by atoms with Gasteiger partial charge in [-0.25, -0.2) is 0 Å². The van der Waals surface area contributed by atoms with Crippen molar-refractivity contribution in [2.45, 2.75) is 92.3 Å². The second kappa shape index (κ2) is 17.4. The molecule has 0 amide bonds. The minimum atomic E-state index is 0.721. The van der Waals surface area contributed by atoms with Crippen molar-refractivity contribution < 1.29 is 0 Å². The van der Waals surface area contributed by atoms with Crippen molar-refractivity contribution in [2.24, 2.45) is 5.92 Å². The molecule has 0 aromatic heterocycles. The van der Waals surface area contributed by atoms with Gasteiger partial charge >= 0.3 is 0 Å². The monoisotopic (exact) mass is 509 g/mol. The number of piperazine rings is 2. The molecule has 0 aromatic rings. The molecule has 0 unspecified atom stereocenters. The Bertz CT molecular complexity index is 524. The first-order chi connectivity index (χ1) is 17.4. The van der Waals surface area contributed by atoms with Gasteiger partial charge in [0.15, 0.2) is 0 Å². The minimum absolute atomic E-state index is 0.721. The molecule has 0 saturated carbocycles. The molecule has 4 aliphatic rings. The molecule has 4 aliphatic heterocycles.